The summed E-state index contributed by atoms with van der Waals surface area (Å²) in [7, 11) is -3.28. The molecule has 0 atom stereocenters. The molecule has 0 saturated heterocycles. The number of benzene rings is 1. The third-order valence-corrected chi connectivity index (χ3v) is 4.94. The molecule has 0 saturated carbocycles. The number of sulfonamides is 1. The Morgan fingerprint density at radius 2 is 2.05 bits per heavy atom. The largest absolute Gasteiger partial charge is 0.389 e. The number of nitrogens with two attached hydrogens (primary N) is 1. The maximum absolute atomic E-state index is 12.3. The van der Waals surface area contributed by atoms with Crippen LogP contribution < -0.4 is 5.73 Å². The van der Waals surface area contributed by atoms with E-state index in [1.54, 1.807) is 24.3 Å². The second-order valence-corrected chi connectivity index (χ2v) is 6.72. The SMILES string of the molecule is CCCN(CC)S(=O)(=O)Cc1cccc(C(N)=S)c1. The van der Waals surface area contributed by atoms with Gasteiger partial charge in [-0.25, -0.2) is 12.7 Å². The molecule has 1 aromatic rings. The van der Waals surface area contributed by atoms with Crippen molar-refractivity contribution in [2.75, 3.05) is 13.1 Å². The van der Waals surface area contributed by atoms with Gasteiger partial charge in [-0.3, -0.25) is 0 Å². The summed E-state index contributed by atoms with van der Waals surface area (Å²) in [5, 5.41) is 0. The lowest BCUT2D eigenvalue weighted by Gasteiger charge is -2.19. The Kier molecular flexibility index (Phi) is 5.90. The van der Waals surface area contributed by atoms with E-state index in [2.05, 4.69) is 0 Å². The van der Waals surface area contributed by atoms with Crippen LogP contribution in [0.4, 0.5) is 0 Å². The third kappa shape index (κ3) is 4.56. The molecule has 1 rings (SSSR count). The summed E-state index contributed by atoms with van der Waals surface area (Å²) in [5.74, 6) is -0.0166. The molecule has 1 aromatic carbocycles. The first-order valence-electron chi connectivity index (χ1n) is 6.27. The fraction of sp³-hybridized carbons (Fsp3) is 0.462. The molecule has 0 aliphatic carbocycles. The fourth-order valence-electron chi connectivity index (χ4n) is 1.86. The zero-order valence-electron chi connectivity index (χ0n) is 11.3. The molecule has 0 aliphatic heterocycles. The van der Waals surface area contributed by atoms with Gasteiger partial charge in [-0.05, 0) is 18.1 Å². The summed E-state index contributed by atoms with van der Waals surface area (Å²) >= 11 is 4.90. The summed E-state index contributed by atoms with van der Waals surface area (Å²) in [6, 6.07) is 7.07. The van der Waals surface area contributed by atoms with E-state index in [0.29, 0.717) is 24.2 Å². The molecule has 106 valence electrons. The third-order valence-electron chi connectivity index (χ3n) is 2.78. The first-order chi connectivity index (χ1) is 8.90. The van der Waals surface area contributed by atoms with Crippen LogP contribution in [-0.2, 0) is 15.8 Å². The van der Waals surface area contributed by atoms with Crippen molar-refractivity contribution in [2.45, 2.75) is 26.0 Å². The Bertz CT molecular complexity index is 541. The zero-order chi connectivity index (χ0) is 14.5. The van der Waals surface area contributed by atoms with Crippen LogP contribution in [-0.4, -0.2) is 30.8 Å². The molecule has 0 unspecified atom stereocenters. The van der Waals surface area contributed by atoms with Crippen molar-refractivity contribution >= 4 is 27.2 Å². The summed E-state index contributed by atoms with van der Waals surface area (Å²) in [6.45, 7) is 4.85. The molecule has 0 spiro atoms. The number of nitrogens with zero attached hydrogens (tertiary/aromatic N) is 1. The molecule has 0 aromatic heterocycles. The highest BCUT2D eigenvalue weighted by molar-refractivity contribution is 7.88. The highest BCUT2D eigenvalue weighted by Gasteiger charge is 2.20. The molecule has 0 bridgehead atoms. The summed E-state index contributed by atoms with van der Waals surface area (Å²) in [4.78, 5) is 0.278. The van der Waals surface area contributed by atoms with E-state index in [1.807, 2.05) is 13.8 Å². The van der Waals surface area contributed by atoms with Gasteiger partial charge in [0, 0.05) is 18.7 Å². The number of thiocarbonyl (C=S) groups is 1. The van der Waals surface area contributed by atoms with Gasteiger partial charge in [0.25, 0.3) is 0 Å². The predicted octanol–water partition coefficient (Wildman–Crippen LogP) is 1.88. The van der Waals surface area contributed by atoms with Crippen LogP contribution in [0.3, 0.4) is 0 Å². The summed E-state index contributed by atoms with van der Waals surface area (Å²) < 4.78 is 26.0. The molecule has 0 radical (unpaired) electrons. The van der Waals surface area contributed by atoms with Gasteiger partial charge in [-0.15, -0.1) is 0 Å². The van der Waals surface area contributed by atoms with E-state index in [0.717, 1.165) is 6.42 Å². The van der Waals surface area contributed by atoms with Crippen LogP contribution in [0.5, 0.6) is 0 Å². The van der Waals surface area contributed by atoms with Gasteiger partial charge in [0.1, 0.15) is 4.99 Å². The molecule has 0 aliphatic rings. The second kappa shape index (κ2) is 6.98. The van der Waals surface area contributed by atoms with Crippen molar-refractivity contribution in [1.82, 2.24) is 4.31 Å². The lowest BCUT2D eigenvalue weighted by atomic mass is 10.1. The van der Waals surface area contributed by atoms with E-state index in [1.165, 1.54) is 4.31 Å². The smallest absolute Gasteiger partial charge is 0.218 e. The normalized spacial score (nSPS) is 11.7. The van der Waals surface area contributed by atoms with Crippen LogP contribution >= 0.6 is 12.2 Å². The standard InChI is InChI=1S/C13H20N2O2S2/c1-3-8-15(4-2)19(16,17)10-11-6-5-7-12(9-11)13(14)18/h5-7,9H,3-4,8,10H2,1-2H3,(H2,14,18). The van der Waals surface area contributed by atoms with E-state index >= 15 is 0 Å². The Labute approximate surface area is 120 Å². The van der Waals surface area contributed by atoms with E-state index in [4.69, 9.17) is 18.0 Å². The Morgan fingerprint density at radius 1 is 1.37 bits per heavy atom. The zero-order valence-corrected chi connectivity index (χ0v) is 12.9. The number of rotatable bonds is 7. The van der Waals surface area contributed by atoms with Crippen molar-refractivity contribution in [3.05, 3.63) is 35.4 Å². The van der Waals surface area contributed by atoms with Crippen molar-refractivity contribution in [1.29, 1.82) is 0 Å². The Hall–Kier alpha value is -0.980. The second-order valence-electron chi connectivity index (χ2n) is 4.31. The van der Waals surface area contributed by atoms with Gasteiger partial charge in [0.2, 0.25) is 10.0 Å². The van der Waals surface area contributed by atoms with Gasteiger partial charge in [-0.2, -0.15) is 0 Å². The predicted molar refractivity (Wildman–Crippen MR) is 82.5 cm³/mol. The minimum absolute atomic E-state index is 0.0166. The molecular formula is C13H20N2O2S2. The average Bonchev–Trinajstić information content (AvgIpc) is 2.35. The van der Waals surface area contributed by atoms with Gasteiger partial charge >= 0.3 is 0 Å². The molecule has 6 heteroatoms. The number of hydrogen-bond donors (Lipinski definition) is 1. The lowest BCUT2D eigenvalue weighted by molar-refractivity contribution is 0.426. The van der Waals surface area contributed by atoms with Crippen molar-refractivity contribution in [2.24, 2.45) is 5.73 Å². The first-order valence-corrected chi connectivity index (χ1v) is 8.29. The first kappa shape index (κ1) is 16.1. The van der Waals surface area contributed by atoms with Crippen molar-refractivity contribution < 1.29 is 8.42 Å². The highest BCUT2D eigenvalue weighted by atomic mass is 32.2. The summed E-state index contributed by atoms with van der Waals surface area (Å²) in [6.07, 6.45) is 0.806. The van der Waals surface area contributed by atoms with Crippen LogP contribution in [0, 0.1) is 0 Å². The molecule has 0 fully saturated rings. The number of hydrogen-bond acceptors (Lipinski definition) is 3. The van der Waals surface area contributed by atoms with Crippen LogP contribution in [0.15, 0.2) is 24.3 Å². The molecule has 4 nitrogen and oxygen atoms in total. The molecule has 19 heavy (non-hydrogen) atoms. The minimum Gasteiger partial charge on any atom is -0.389 e. The maximum atomic E-state index is 12.3. The van der Waals surface area contributed by atoms with Crippen LogP contribution in [0.25, 0.3) is 0 Å². The molecule has 0 heterocycles. The quantitative estimate of drug-likeness (QED) is 0.781. The average molecular weight is 300 g/mol. The maximum Gasteiger partial charge on any atom is 0.218 e. The van der Waals surface area contributed by atoms with E-state index in [9.17, 15) is 8.42 Å². The van der Waals surface area contributed by atoms with Crippen molar-refractivity contribution in [3.8, 4) is 0 Å². The molecule has 2 N–H and O–H groups in total. The topological polar surface area (TPSA) is 63.4 Å². The monoisotopic (exact) mass is 300 g/mol. The van der Waals surface area contributed by atoms with Crippen LogP contribution in [0.1, 0.15) is 31.4 Å². The minimum atomic E-state index is -3.28. The summed E-state index contributed by atoms with van der Waals surface area (Å²) in [5.41, 5.74) is 6.96. The van der Waals surface area contributed by atoms with Gasteiger partial charge < -0.3 is 5.73 Å². The fourth-order valence-corrected chi connectivity index (χ4v) is 3.62. The molecule has 0 amide bonds. The van der Waals surface area contributed by atoms with Gasteiger partial charge in [0.05, 0.1) is 5.75 Å². The molecular weight excluding hydrogens is 280 g/mol. The highest BCUT2D eigenvalue weighted by Crippen LogP contribution is 2.13. The van der Waals surface area contributed by atoms with Gasteiger partial charge in [0.15, 0.2) is 0 Å². The van der Waals surface area contributed by atoms with Crippen LogP contribution in [0.2, 0.25) is 0 Å². The van der Waals surface area contributed by atoms with Crippen molar-refractivity contribution in [3.63, 3.8) is 0 Å². The Balaban J connectivity index is 2.94. The van der Waals surface area contributed by atoms with E-state index in [-0.39, 0.29) is 10.7 Å². The lowest BCUT2D eigenvalue weighted by Crippen LogP contribution is -2.32. The van der Waals surface area contributed by atoms with Gasteiger partial charge in [-0.1, -0.05) is 44.3 Å². The Morgan fingerprint density at radius 3 is 2.58 bits per heavy atom. The van der Waals surface area contributed by atoms with E-state index < -0.39 is 10.0 Å².